The molecular weight excluding hydrogens is 391 g/mol. The first kappa shape index (κ1) is 14.0. The molecule has 1 aromatic carbocycles. The lowest BCUT2D eigenvalue weighted by atomic mass is 10.1. The molecule has 4 nitrogen and oxygen atoms in total. The van der Waals surface area contributed by atoms with Crippen LogP contribution in [-0.2, 0) is 17.8 Å². The fraction of sp³-hybridized carbons (Fsp3) is 0.286. The predicted octanol–water partition coefficient (Wildman–Crippen LogP) is 3.48. The quantitative estimate of drug-likeness (QED) is 0.582. The highest BCUT2D eigenvalue weighted by Gasteiger charge is 2.16. The molecule has 1 aromatic heterocycles. The van der Waals surface area contributed by atoms with E-state index < -0.39 is 0 Å². The third-order valence-corrected chi connectivity index (χ3v) is 4.83. The monoisotopic (exact) mass is 402 g/mol. The van der Waals surface area contributed by atoms with Gasteiger partial charge in [-0.25, -0.2) is 9.97 Å². The molecule has 0 N–H and O–H groups in total. The summed E-state index contributed by atoms with van der Waals surface area (Å²) in [7, 11) is 1.64. The van der Waals surface area contributed by atoms with Gasteiger partial charge < -0.3 is 9.47 Å². The molecule has 104 valence electrons. The lowest BCUT2D eigenvalue weighted by Crippen LogP contribution is -2.02. The molecule has 1 aliphatic rings. The van der Waals surface area contributed by atoms with Crippen molar-refractivity contribution in [3.63, 3.8) is 0 Å². The van der Waals surface area contributed by atoms with Crippen molar-refractivity contribution in [1.82, 2.24) is 9.97 Å². The number of methoxy groups -OCH3 is 1. The number of nitrogens with zero attached hydrogens (tertiary/aromatic N) is 2. The van der Waals surface area contributed by atoms with Crippen LogP contribution in [0.3, 0.4) is 0 Å². The van der Waals surface area contributed by atoms with E-state index in [0.29, 0.717) is 17.6 Å². The van der Waals surface area contributed by atoms with E-state index in [-0.39, 0.29) is 0 Å². The lowest BCUT2D eigenvalue weighted by molar-refractivity contribution is 0.181. The SMILES string of the molecule is COCc1nc(-c2ccc3c(c2)CCO3)nc(Cl)c1I. The topological polar surface area (TPSA) is 44.2 Å². The van der Waals surface area contributed by atoms with Gasteiger partial charge in [0.15, 0.2) is 5.82 Å². The molecule has 0 fully saturated rings. The normalized spacial score (nSPS) is 13.2. The van der Waals surface area contributed by atoms with Crippen LogP contribution in [0.25, 0.3) is 11.4 Å². The van der Waals surface area contributed by atoms with Crippen molar-refractivity contribution < 1.29 is 9.47 Å². The maximum Gasteiger partial charge on any atom is 0.161 e. The molecule has 2 heterocycles. The highest BCUT2D eigenvalue weighted by Crippen LogP contribution is 2.30. The maximum atomic E-state index is 6.18. The minimum Gasteiger partial charge on any atom is -0.493 e. The molecule has 0 saturated carbocycles. The van der Waals surface area contributed by atoms with Crippen molar-refractivity contribution in [2.75, 3.05) is 13.7 Å². The molecule has 0 unspecified atom stereocenters. The zero-order valence-corrected chi connectivity index (χ0v) is 13.7. The van der Waals surface area contributed by atoms with Crippen LogP contribution >= 0.6 is 34.2 Å². The largest absolute Gasteiger partial charge is 0.493 e. The molecular formula is C14H12ClIN2O2. The zero-order chi connectivity index (χ0) is 14.1. The van der Waals surface area contributed by atoms with Gasteiger partial charge in [-0.15, -0.1) is 0 Å². The van der Waals surface area contributed by atoms with Crippen LogP contribution in [0.2, 0.25) is 5.15 Å². The van der Waals surface area contributed by atoms with Gasteiger partial charge in [0.2, 0.25) is 0 Å². The molecule has 0 aliphatic carbocycles. The number of ether oxygens (including phenoxy) is 2. The molecule has 1 aliphatic heterocycles. The van der Waals surface area contributed by atoms with E-state index in [1.807, 2.05) is 12.1 Å². The Kier molecular flexibility index (Phi) is 4.09. The summed E-state index contributed by atoms with van der Waals surface area (Å²) in [6.45, 7) is 1.16. The first-order valence-corrected chi connectivity index (χ1v) is 7.61. The van der Waals surface area contributed by atoms with E-state index in [0.717, 1.165) is 33.6 Å². The van der Waals surface area contributed by atoms with Crippen LogP contribution in [-0.4, -0.2) is 23.7 Å². The molecule has 6 heteroatoms. The fourth-order valence-corrected chi connectivity index (χ4v) is 2.74. The Balaban J connectivity index is 2.05. The second-order valence-corrected chi connectivity index (χ2v) is 5.89. The van der Waals surface area contributed by atoms with Crippen LogP contribution in [0.5, 0.6) is 5.75 Å². The summed E-state index contributed by atoms with van der Waals surface area (Å²) in [5, 5.41) is 0.458. The Bertz CT molecular complexity index is 664. The lowest BCUT2D eigenvalue weighted by Gasteiger charge is -2.08. The minimum absolute atomic E-state index is 0.418. The van der Waals surface area contributed by atoms with E-state index in [1.54, 1.807) is 7.11 Å². The standard InChI is InChI=1S/C14H12ClIN2O2/c1-19-7-10-12(16)13(15)18-14(17-10)9-2-3-11-8(6-9)4-5-20-11/h2-3,6H,4-5,7H2,1H3. The van der Waals surface area contributed by atoms with Gasteiger partial charge in [0, 0.05) is 19.1 Å². The maximum absolute atomic E-state index is 6.18. The second-order valence-electron chi connectivity index (χ2n) is 4.45. The molecule has 20 heavy (non-hydrogen) atoms. The Morgan fingerprint density at radius 1 is 1.40 bits per heavy atom. The molecule has 0 saturated heterocycles. The number of aromatic nitrogens is 2. The third-order valence-electron chi connectivity index (χ3n) is 3.11. The van der Waals surface area contributed by atoms with Gasteiger partial charge in [-0.2, -0.15) is 0 Å². The van der Waals surface area contributed by atoms with Crippen molar-refractivity contribution in [2.45, 2.75) is 13.0 Å². The Morgan fingerprint density at radius 3 is 3.05 bits per heavy atom. The summed E-state index contributed by atoms with van der Waals surface area (Å²) < 4.78 is 11.5. The second kappa shape index (κ2) is 5.83. The van der Waals surface area contributed by atoms with Crippen LogP contribution in [0.15, 0.2) is 18.2 Å². The minimum atomic E-state index is 0.418. The van der Waals surface area contributed by atoms with Crippen molar-refractivity contribution in [3.8, 4) is 17.1 Å². The highest BCUT2D eigenvalue weighted by molar-refractivity contribution is 14.1. The number of benzene rings is 1. The number of halogens is 2. The Morgan fingerprint density at radius 2 is 2.25 bits per heavy atom. The van der Waals surface area contributed by atoms with Crippen molar-refractivity contribution in [3.05, 3.63) is 38.2 Å². The van der Waals surface area contributed by atoms with Gasteiger partial charge in [0.1, 0.15) is 10.9 Å². The number of hydrogen-bond acceptors (Lipinski definition) is 4. The molecule has 0 radical (unpaired) electrons. The predicted molar refractivity (Wildman–Crippen MR) is 85.1 cm³/mol. The van der Waals surface area contributed by atoms with E-state index in [9.17, 15) is 0 Å². The van der Waals surface area contributed by atoms with Gasteiger partial charge in [-0.05, 0) is 46.4 Å². The molecule has 0 bridgehead atoms. The summed E-state index contributed by atoms with van der Waals surface area (Å²) in [6.07, 6.45) is 0.923. The van der Waals surface area contributed by atoms with Gasteiger partial charge >= 0.3 is 0 Å². The average molecular weight is 403 g/mol. The van der Waals surface area contributed by atoms with Gasteiger partial charge in [-0.1, -0.05) is 11.6 Å². The first-order chi connectivity index (χ1) is 9.69. The molecule has 3 rings (SSSR count). The van der Waals surface area contributed by atoms with Crippen LogP contribution < -0.4 is 4.74 Å². The van der Waals surface area contributed by atoms with E-state index in [2.05, 4.69) is 38.6 Å². The Hall–Kier alpha value is -0.920. The Labute approximate surface area is 135 Å². The summed E-state index contributed by atoms with van der Waals surface area (Å²) in [6, 6.07) is 5.99. The van der Waals surface area contributed by atoms with Gasteiger partial charge in [0.25, 0.3) is 0 Å². The number of hydrogen-bond donors (Lipinski definition) is 0. The summed E-state index contributed by atoms with van der Waals surface area (Å²) in [5.41, 5.74) is 2.94. The zero-order valence-electron chi connectivity index (χ0n) is 10.8. The van der Waals surface area contributed by atoms with Gasteiger partial charge in [0.05, 0.1) is 22.5 Å². The number of rotatable bonds is 3. The fourth-order valence-electron chi connectivity index (χ4n) is 2.15. The van der Waals surface area contributed by atoms with Crippen molar-refractivity contribution >= 4 is 34.2 Å². The van der Waals surface area contributed by atoms with E-state index in [4.69, 9.17) is 21.1 Å². The van der Waals surface area contributed by atoms with Crippen LogP contribution in [0.1, 0.15) is 11.3 Å². The third kappa shape index (κ3) is 2.62. The summed E-state index contributed by atoms with van der Waals surface area (Å²) in [4.78, 5) is 8.91. The average Bonchev–Trinajstić information content (AvgIpc) is 2.91. The van der Waals surface area contributed by atoms with Crippen LogP contribution in [0, 0.1) is 3.57 Å². The van der Waals surface area contributed by atoms with Gasteiger partial charge in [-0.3, -0.25) is 0 Å². The van der Waals surface area contributed by atoms with E-state index in [1.165, 1.54) is 5.56 Å². The van der Waals surface area contributed by atoms with E-state index >= 15 is 0 Å². The van der Waals surface area contributed by atoms with Crippen molar-refractivity contribution in [1.29, 1.82) is 0 Å². The highest BCUT2D eigenvalue weighted by atomic mass is 127. The molecule has 0 amide bonds. The molecule has 2 aromatic rings. The van der Waals surface area contributed by atoms with Crippen molar-refractivity contribution in [2.24, 2.45) is 0 Å². The number of fused-ring (bicyclic) bond motifs is 1. The summed E-state index contributed by atoms with van der Waals surface area (Å²) >= 11 is 8.32. The summed E-state index contributed by atoms with van der Waals surface area (Å²) in [5.74, 6) is 1.57. The van der Waals surface area contributed by atoms with Crippen LogP contribution in [0.4, 0.5) is 0 Å². The first-order valence-electron chi connectivity index (χ1n) is 6.16. The smallest absolute Gasteiger partial charge is 0.161 e. The molecule has 0 atom stereocenters. The molecule has 0 spiro atoms.